The second-order valence-corrected chi connectivity index (χ2v) is 17.7. The van der Waals surface area contributed by atoms with Crippen LogP contribution in [0.1, 0.15) is 82.9 Å². The minimum Gasteiger partial charge on any atom is -0.351 e. The van der Waals surface area contributed by atoms with Gasteiger partial charge in [0.1, 0.15) is 0 Å². The van der Waals surface area contributed by atoms with Crippen molar-refractivity contribution in [3.8, 4) is 0 Å². The molecule has 76 heavy (non-hydrogen) atoms. The highest BCUT2D eigenvalue weighted by Gasteiger charge is 2.38. The Hall–Kier alpha value is -10.2. The molecule has 3 heterocycles. The highest BCUT2D eigenvalue weighted by Crippen LogP contribution is 2.38. The third-order valence-corrected chi connectivity index (χ3v) is 13.2. The summed E-state index contributed by atoms with van der Waals surface area (Å²) in [5.41, 5.74) is -1.27. The minimum atomic E-state index is -0.956. The summed E-state index contributed by atoms with van der Waals surface area (Å²) in [6.45, 7) is -0.0652. The van der Waals surface area contributed by atoms with E-state index < -0.39 is 67.7 Å². The number of carbonyl (C=O) groups is 8. The first-order valence-electron chi connectivity index (χ1n) is 23.4. The van der Waals surface area contributed by atoms with Gasteiger partial charge in [-0.25, -0.2) is 4.90 Å². The zero-order chi connectivity index (χ0) is 53.7. The molecule has 8 amide bonds. The molecule has 0 atom stereocenters. The number of benzene rings is 7. The summed E-state index contributed by atoms with van der Waals surface area (Å²) in [5, 5.41) is 48.4. The molecule has 0 aromatic heterocycles. The molecule has 3 aliphatic heterocycles. The van der Waals surface area contributed by atoms with Crippen molar-refractivity contribution < 1.29 is 53.1 Å². The van der Waals surface area contributed by atoms with Gasteiger partial charge >= 0.3 is 0 Å². The molecular formula is C52H38N10O14. The summed E-state index contributed by atoms with van der Waals surface area (Å²) in [6.07, 6.45) is 0. The van der Waals surface area contributed by atoms with Crippen LogP contribution in [0, 0.1) is 30.3 Å². The second kappa shape index (κ2) is 19.7. The molecule has 24 nitrogen and oxygen atoms in total. The smallest absolute Gasteiger partial charge is 0.270 e. The first-order chi connectivity index (χ1) is 36.5. The van der Waals surface area contributed by atoms with E-state index in [0.717, 1.165) is 32.9 Å². The van der Waals surface area contributed by atoms with E-state index >= 15 is 0 Å². The highest BCUT2D eigenvalue weighted by molar-refractivity contribution is 6.36. The van der Waals surface area contributed by atoms with E-state index in [1.165, 1.54) is 66.7 Å². The molecule has 10 rings (SSSR count). The Morgan fingerprint density at radius 3 is 1.13 bits per heavy atom. The Labute approximate surface area is 426 Å². The fourth-order valence-electron chi connectivity index (χ4n) is 9.70. The summed E-state index contributed by atoms with van der Waals surface area (Å²) in [7, 11) is 0. The first kappa shape index (κ1) is 49.4. The standard InChI is InChI=1S/C52H38N10O14/c63-45(55-12-10-53-14-16-57-47(65)36-7-1-4-27-19-33(60(71)72)24-39(42(27)36)49(57)67)30-18-31(23-32(22-30)59-51(69)38-9-3-6-29-21-35(62(75)76)26-41(44(29)38)52(59)70)46(64)56-13-11-54-15-17-58-48(66)37-8-2-5-28-20-34(61(73)74)25-40(43(28)37)50(58)68/h1-9,18-26,53-54H,10-17H2,(H,55,63)(H,56,64). The molecule has 24 heteroatoms. The normalized spacial score (nSPS) is 13.8. The zero-order valence-corrected chi connectivity index (χ0v) is 39.4. The van der Waals surface area contributed by atoms with Gasteiger partial charge in [0.2, 0.25) is 0 Å². The van der Waals surface area contributed by atoms with E-state index in [9.17, 15) is 68.7 Å². The molecule has 0 unspecified atom stereocenters. The largest absolute Gasteiger partial charge is 0.351 e. The monoisotopic (exact) mass is 1030 g/mol. The predicted octanol–water partition coefficient (Wildman–Crippen LogP) is 4.90. The number of rotatable bonds is 18. The van der Waals surface area contributed by atoms with Gasteiger partial charge in [0.05, 0.1) is 37.1 Å². The summed E-state index contributed by atoms with van der Waals surface area (Å²) in [6, 6.07) is 24.6. The van der Waals surface area contributed by atoms with Crippen molar-refractivity contribution >= 4 is 102 Å². The maximum atomic E-state index is 14.2. The SMILES string of the molecule is O=C(NCCNCCN1C(=O)c2cccc3cc([N+](=O)[O-])cc(c23)C1=O)c1cc(C(=O)NCCNCCN2C(=O)c3cccc4cc([N+](=O)[O-])cc(c34)C2=O)cc(N2C(=O)c3cccc4cc([N+](=O)[O-])cc(c34)C2=O)c1. The molecule has 0 saturated carbocycles. The summed E-state index contributed by atoms with van der Waals surface area (Å²) in [5.74, 6) is -5.88. The third kappa shape index (κ3) is 8.73. The van der Waals surface area contributed by atoms with Crippen molar-refractivity contribution in [1.29, 1.82) is 0 Å². The van der Waals surface area contributed by atoms with Crippen LogP contribution in [0.15, 0.2) is 109 Å². The van der Waals surface area contributed by atoms with Crippen LogP contribution in [0.5, 0.6) is 0 Å². The molecule has 0 spiro atoms. The van der Waals surface area contributed by atoms with E-state index in [-0.39, 0.29) is 125 Å². The number of nitrogens with zero attached hydrogens (tertiary/aromatic N) is 6. The quantitative estimate of drug-likeness (QED) is 0.0384. The number of nitro benzene ring substituents is 3. The van der Waals surface area contributed by atoms with Crippen LogP contribution < -0.4 is 26.2 Å². The van der Waals surface area contributed by atoms with E-state index in [1.807, 2.05) is 0 Å². The van der Waals surface area contributed by atoms with Gasteiger partial charge in [-0.15, -0.1) is 0 Å². The molecule has 7 aromatic carbocycles. The molecule has 3 aliphatic rings. The van der Waals surface area contributed by atoms with Gasteiger partial charge < -0.3 is 21.3 Å². The van der Waals surface area contributed by atoms with Crippen LogP contribution >= 0.6 is 0 Å². The van der Waals surface area contributed by atoms with Crippen molar-refractivity contribution in [3.63, 3.8) is 0 Å². The van der Waals surface area contributed by atoms with Crippen LogP contribution in [0.25, 0.3) is 32.3 Å². The number of anilines is 1. The number of imide groups is 3. The Bertz CT molecular complexity index is 3650. The molecule has 380 valence electrons. The van der Waals surface area contributed by atoms with Gasteiger partial charge in [-0.3, -0.25) is 78.5 Å². The van der Waals surface area contributed by atoms with Gasteiger partial charge in [-0.05, 0) is 52.6 Å². The molecule has 4 N–H and O–H groups in total. The number of carbonyl (C=O) groups excluding carboxylic acids is 8. The molecule has 0 saturated heterocycles. The van der Waals surface area contributed by atoms with Crippen molar-refractivity contribution in [2.75, 3.05) is 57.3 Å². The Kier molecular flexibility index (Phi) is 12.8. The molecule has 7 aromatic rings. The van der Waals surface area contributed by atoms with Gasteiger partial charge in [-0.2, -0.15) is 0 Å². The molecule has 0 bridgehead atoms. The number of hydrogen-bond acceptors (Lipinski definition) is 16. The van der Waals surface area contributed by atoms with Crippen LogP contribution in [0.2, 0.25) is 0 Å². The van der Waals surface area contributed by atoms with Crippen LogP contribution in [-0.2, 0) is 0 Å². The average Bonchev–Trinajstić information content (AvgIpc) is 3.41. The Balaban J connectivity index is 0.813. The van der Waals surface area contributed by atoms with Crippen molar-refractivity contribution in [1.82, 2.24) is 31.1 Å². The minimum absolute atomic E-state index is 0.0135. The number of nitrogens with one attached hydrogen (secondary N) is 4. The van der Waals surface area contributed by atoms with E-state index in [4.69, 9.17) is 0 Å². The van der Waals surface area contributed by atoms with Gasteiger partial charge in [-0.1, -0.05) is 36.4 Å². The molecule has 0 fully saturated rings. The maximum absolute atomic E-state index is 14.2. The lowest BCUT2D eigenvalue weighted by Crippen LogP contribution is -2.44. The lowest BCUT2D eigenvalue weighted by atomic mass is 9.92. The summed E-state index contributed by atoms with van der Waals surface area (Å²) >= 11 is 0. The van der Waals surface area contributed by atoms with Gasteiger partial charge in [0.25, 0.3) is 64.3 Å². The topological polar surface area (TPSA) is 324 Å². The van der Waals surface area contributed by atoms with E-state index in [1.54, 1.807) is 24.3 Å². The number of non-ortho nitro benzene ring substituents is 3. The Morgan fingerprint density at radius 1 is 0.408 bits per heavy atom. The fraction of sp³-hybridized carbons (Fsp3) is 0.154. The van der Waals surface area contributed by atoms with Crippen LogP contribution in [-0.4, -0.2) is 124 Å². The lowest BCUT2D eigenvalue weighted by Gasteiger charge is -2.28. The van der Waals surface area contributed by atoms with Crippen molar-refractivity contribution in [2.24, 2.45) is 0 Å². The number of amides is 8. The number of nitro groups is 3. The molecule has 0 aliphatic carbocycles. The van der Waals surface area contributed by atoms with Gasteiger partial charge in [0.15, 0.2) is 0 Å². The zero-order valence-electron chi connectivity index (χ0n) is 39.4. The second-order valence-electron chi connectivity index (χ2n) is 17.7. The molecule has 0 radical (unpaired) electrons. The fourth-order valence-corrected chi connectivity index (χ4v) is 9.70. The van der Waals surface area contributed by atoms with Crippen LogP contribution in [0.3, 0.4) is 0 Å². The summed E-state index contributed by atoms with van der Waals surface area (Å²) < 4.78 is 0. The van der Waals surface area contributed by atoms with Crippen molar-refractivity contribution in [3.05, 3.63) is 184 Å². The van der Waals surface area contributed by atoms with E-state index in [2.05, 4.69) is 21.3 Å². The average molecular weight is 1030 g/mol. The molecular weight excluding hydrogens is 989 g/mol. The lowest BCUT2D eigenvalue weighted by molar-refractivity contribution is -0.384. The van der Waals surface area contributed by atoms with Gasteiger partial charge in [0, 0.05) is 133 Å². The van der Waals surface area contributed by atoms with E-state index in [0.29, 0.717) is 21.5 Å². The summed E-state index contributed by atoms with van der Waals surface area (Å²) in [4.78, 5) is 146. The number of hydrogen-bond donors (Lipinski definition) is 4. The van der Waals surface area contributed by atoms with Crippen molar-refractivity contribution in [2.45, 2.75) is 0 Å². The van der Waals surface area contributed by atoms with Crippen LogP contribution in [0.4, 0.5) is 22.7 Å². The first-order valence-corrected chi connectivity index (χ1v) is 23.4. The maximum Gasteiger partial charge on any atom is 0.270 e. The Morgan fingerprint density at radius 2 is 0.750 bits per heavy atom. The predicted molar refractivity (Wildman–Crippen MR) is 271 cm³/mol. The highest BCUT2D eigenvalue weighted by atomic mass is 16.6. The third-order valence-electron chi connectivity index (χ3n) is 13.2.